The van der Waals surface area contributed by atoms with Gasteiger partial charge in [0.15, 0.2) is 0 Å². The van der Waals surface area contributed by atoms with Crippen LogP contribution in [0.2, 0.25) is 0 Å². The van der Waals surface area contributed by atoms with Gasteiger partial charge in [0.2, 0.25) is 5.91 Å². The minimum absolute atomic E-state index is 0.0103. The highest BCUT2D eigenvalue weighted by Crippen LogP contribution is 2.37. The van der Waals surface area contributed by atoms with Crippen LogP contribution in [-0.2, 0) is 11.0 Å². The van der Waals surface area contributed by atoms with E-state index < -0.39 is 11.7 Å². The van der Waals surface area contributed by atoms with Crippen molar-refractivity contribution in [3.63, 3.8) is 0 Å². The molecule has 7 heteroatoms. The summed E-state index contributed by atoms with van der Waals surface area (Å²) in [6, 6.07) is 4.24. The van der Waals surface area contributed by atoms with Gasteiger partial charge >= 0.3 is 6.18 Å². The van der Waals surface area contributed by atoms with Crippen LogP contribution in [0.3, 0.4) is 0 Å². The molecule has 2 fully saturated rings. The summed E-state index contributed by atoms with van der Waals surface area (Å²) in [5, 5.41) is 2.77. The molecule has 118 valence electrons. The lowest BCUT2D eigenvalue weighted by atomic mass is 9.86. The van der Waals surface area contributed by atoms with E-state index in [1.54, 1.807) is 4.90 Å². The average molecular weight is 312 g/mol. The van der Waals surface area contributed by atoms with Gasteiger partial charge in [-0.15, -0.1) is 0 Å². The van der Waals surface area contributed by atoms with Gasteiger partial charge in [0.05, 0.1) is 5.56 Å². The quantitative estimate of drug-likeness (QED) is 0.863. The summed E-state index contributed by atoms with van der Waals surface area (Å²) in [6.45, 7) is 1.54. The number of rotatable bonds is 1. The molecule has 2 saturated heterocycles. The zero-order valence-electron chi connectivity index (χ0n) is 11.7. The summed E-state index contributed by atoms with van der Waals surface area (Å²) in [7, 11) is 0. The second kappa shape index (κ2) is 5.00. The molecule has 2 aliphatic rings. The Morgan fingerprint density at radius 1 is 1.23 bits per heavy atom. The smallest absolute Gasteiger partial charge is 0.355 e. The van der Waals surface area contributed by atoms with E-state index in [1.807, 2.05) is 0 Å². The van der Waals surface area contributed by atoms with Crippen molar-refractivity contribution in [2.45, 2.75) is 19.0 Å². The topological polar surface area (TPSA) is 49.4 Å². The number of halogens is 3. The third-order valence-electron chi connectivity index (χ3n) is 4.38. The molecule has 1 aromatic carbocycles. The summed E-state index contributed by atoms with van der Waals surface area (Å²) >= 11 is 0. The first-order valence-corrected chi connectivity index (χ1v) is 7.02. The molecule has 22 heavy (non-hydrogen) atoms. The van der Waals surface area contributed by atoms with Crippen LogP contribution in [-0.4, -0.2) is 36.3 Å². The highest BCUT2D eigenvalue weighted by molar-refractivity contribution is 5.94. The van der Waals surface area contributed by atoms with Gasteiger partial charge in [-0.1, -0.05) is 0 Å². The summed E-state index contributed by atoms with van der Waals surface area (Å²) in [5.74, 6) is -0.297. The molecule has 2 aliphatic heterocycles. The van der Waals surface area contributed by atoms with Gasteiger partial charge in [-0.25, -0.2) is 0 Å². The Labute approximate surface area is 125 Å². The zero-order chi connectivity index (χ0) is 16.0. The van der Waals surface area contributed by atoms with Crippen LogP contribution in [0.1, 0.15) is 28.8 Å². The van der Waals surface area contributed by atoms with Crippen LogP contribution >= 0.6 is 0 Å². The van der Waals surface area contributed by atoms with E-state index in [4.69, 9.17) is 0 Å². The summed E-state index contributed by atoms with van der Waals surface area (Å²) in [6.07, 6.45) is -3.27. The molecular formula is C15H15F3N2O2. The predicted molar refractivity (Wildman–Crippen MR) is 72.0 cm³/mol. The number of alkyl halides is 3. The number of nitrogens with one attached hydrogen (secondary N) is 1. The predicted octanol–water partition coefficient (Wildman–Crippen LogP) is 2.06. The van der Waals surface area contributed by atoms with E-state index in [0.717, 1.165) is 18.6 Å². The lowest BCUT2D eigenvalue weighted by Gasteiger charge is -2.22. The van der Waals surface area contributed by atoms with E-state index in [2.05, 4.69) is 5.32 Å². The number of carbonyl (C=O) groups is 2. The SMILES string of the molecule is O=C1CC2(CCN(C(=O)c3ccc(C(F)(F)F)cc3)C2)CN1. The molecular weight excluding hydrogens is 297 g/mol. The maximum absolute atomic E-state index is 12.5. The van der Waals surface area contributed by atoms with Crippen LogP contribution in [0, 0.1) is 5.41 Å². The van der Waals surface area contributed by atoms with E-state index >= 15 is 0 Å². The largest absolute Gasteiger partial charge is 0.416 e. The third-order valence-corrected chi connectivity index (χ3v) is 4.38. The summed E-state index contributed by atoms with van der Waals surface area (Å²) < 4.78 is 37.6. The summed E-state index contributed by atoms with van der Waals surface area (Å²) in [5.41, 5.74) is -0.742. The zero-order valence-corrected chi connectivity index (χ0v) is 11.7. The molecule has 0 aliphatic carbocycles. The fourth-order valence-electron chi connectivity index (χ4n) is 3.13. The molecule has 0 bridgehead atoms. The monoisotopic (exact) mass is 312 g/mol. The first-order chi connectivity index (χ1) is 10.3. The van der Waals surface area contributed by atoms with Crippen molar-refractivity contribution in [2.75, 3.05) is 19.6 Å². The molecule has 3 rings (SSSR count). The normalized spacial score (nSPS) is 24.9. The second-order valence-corrected chi connectivity index (χ2v) is 6.01. The first-order valence-electron chi connectivity index (χ1n) is 7.02. The molecule has 4 nitrogen and oxygen atoms in total. The van der Waals surface area contributed by atoms with Crippen molar-refractivity contribution in [3.8, 4) is 0 Å². The molecule has 2 heterocycles. The minimum Gasteiger partial charge on any atom is -0.355 e. The second-order valence-electron chi connectivity index (χ2n) is 6.01. The number of hydrogen-bond donors (Lipinski definition) is 1. The maximum atomic E-state index is 12.5. The van der Waals surface area contributed by atoms with Gasteiger partial charge in [0.25, 0.3) is 5.91 Å². The highest BCUT2D eigenvalue weighted by atomic mass is 19.4. The molecule has 1 unspecified atom stereocenters. The van der Waals surface area contributed by atoms with Crippen molar-refractivity contribution < 1.29 is 22.8 Å². The Morgan fingerprint density at radius 2 is 1.91 bits per heavy atom. The third kappa shape index (κ3) is 2.67. The number of amides is 2. The molecule has 1 aromatic rings. The van der Waals surface area contributed by atoms with Crippen LogP contribution in [0.25, 0.3) is 0 Å². The molecule has 0 saturated carbocycles. The van der Waals surface area contributed by atoms with Crippen molar-refractivity contribution >= 4 is 11.8 Å². The van der Waals surface area contributed by atoms with Gasteiger partial charge in [-0.2, -0.15) is 13.2 Å². The fourth-order valence-corrected chi connectivity index (χ4v) is 3.13. The number of carbonyl (C=O) groups excluding carboxylic acids is 2. The molecule has 0 aromatic heterocycles. The van der Waals surface area contributed by atoms with E-state index in [1.165, 1.54) is 12.1 Å². The number of nitrogens with zero attached hydrogens (tertiary/aromatic N) is 1. The van der Waals surface area contributed by atoms with Gasteiger partial charge in [-0.3, -0.25) is 9.59 Å². The van der Waals surface area contributed by atoms with Gasteiger partial charge in [0.1, 0.15) is 0 Å². The van der Waals surface area contributed by atoms with Gasteiger partial charge in [0, 0.05) is 37.0 Å². The van der Waals surface area contributed by atoms with Gasteiger partial charge < -0.3 is 10.2 Å². The van der Waals surface area contributed by atoms with Crippen LogP contribution in [0.15, 0.2) is 24.3 Å². The number of benzene rings is 1. The minimum atomic E-state index is -4.41. The van der Waals surface area contributed by atoms with Crippen molar-refractivity contribution in [1.29, 1.82) is 0 Å². The molecule has 2 amide bonds. The van der Waals surface area contributed by atoms with Crippen LogP contribution in [0.4, 0.5) is 13.2 Å². The first kappa shape index (κ1) is 14.9. The van der Waals surface area contributed by atoms with Crippen molar-refractivity contribution in [3.05, 3.63) is 35.4 Å². The van der Waals surface area contributed by atoms with Crippen LogP contribution in [0.5, 0.6) is 0 Å². The Morgan fingerprint density at radius 3 is 2.45 bits per heavy atom. The Balaban J connectivity index is 1.71. The maximum Gasteiger partial charge on any atom is 0.416 e. The number of likely N-dealkylation sites (tertiary alicyclic amines) is 1. The molecule has 0 radical (unpaired) electrons. The van der Waals surface area contributed by atoms with Crippen molar-refractivity contribution in [1.82, 2.24) is 10.2 Å². The Hall–Kier alpha value is -2.05. The molecule has 1 atom stereocenters. The lowest BCUT2D eigenvalue weighted by Crippen LogP contribution is -2.33. The average Bonchev–Trinajstić information content (AvgIpc) is 3.04. The lowest BCUT2D eigenvalue weighted by molar-refractivity contribution is -0.137. The van der Waals surface area contributed by atoms with Gasteiger partial charge in [-0.05, 0) is 30.7 Å². The highest BCUT2D eigenvalue weighted by Gasteiger charge is 2.45. The number of hydrogen-bond acceptors (Lipinski definition) is 2. The van der Waals surface area contributed by atoms with E-state index in [-0.39, 0.29) is 22.8 Å². The molecule has 1 N–H and O–H groups in total. The Kier molecular flexibility index (Phi) is 3.38. The Bertz CT molecular complexity index is 612. The van der Waals surface area contributed by atoms with E-state index in [9.17, 15) is 22.8 Å². The van der Waals surface area contributed by atoms with Crippen molar-refractivity contribution in [2.24, 2.45) is 5.41 Å². The van der Waals surface area contributed by atoms with E-state index in [0.29, 0.717) is 26.1 Å². The summed E-state index contributed by atoms with van der Waals surface area (Å²) in [4.78, 5) is 25.3. The fraction of sp³-hybridized carbons (Fsp3) is 0.467. The van der Waals surface area contributed by atoms with Crippen LogP contribution < -0.4 is 5.32 Å². The standard InChI is InChI=1S/C15H15F3N2O2/c16-15(17,18)11-3-1-10(2-4-11)13(22)20-6-5-14(9-20)7-12(21)19-8-14/h1-4H,5-9H2,(H,19,21). The molecule has 1 spiro atoms.